The second-order valence-corrected chi connectivity index (χ2v) is 9.67. The average Bonchev–Trinajstić information content (AvgIpc) is 3.37. The van der Waals surface area contributed by atoms with Crippen LogP contribution in [0.5, 0.6) is 11.5 Å². The molecule has 0 radical (unpaired) electrons. The van der Waals surface area contributed by atoms with Crippen molar-refractivity contribution in [3.05, 3.63) is 89.0 Å². The van der Waals surface area contributed by atoms with Gasteiger partial charge < -0.3 is 9.47 Å². The van der Waals surface area contributed by atoms with Crippen molar-refractivity contribution in [2.75, 3.05) is 11.7 Å². The van der Waals surface area contributed by atoms with Gasteiger partial charge in [-0.2, -0.15) is 0 Å². The van der Waals surface area contributed by atoms with Gasteiger partial charge in [-0.25, -0.2) is 4.90 Å². The van der Waals surface area contributed by atoms with Crippen molar-refractivity contribution in [2.24, 2.45) is 11.8 Å². The molecule has 2 amide bonds. The summed E-state index contributed by atoms with van der Waals surface area (Å²) in [6, 6.07) is 21.5. The molecule has 2 aliphatic heterocycles. The number of carbonyl (C=O) groups excluding carboxylic acids is 2. The first-order chi connectivity index (χ1) is 15.1. The van der Waals surface area contributed by atoms with E-state index in [2.05, 4.69) is 40.2 Å². The van der Waals surface area contributed by atoms with Gasteiger partial charge in [0.15, 0.2) is 11.5 Å². The molecule has 3 aliphatic carbocycles. The van der Waals surface area contributed by atoms with Gasteiger partial charge in [-0.1, -0.05) is 64.5 Å². The molecule has 2 heterocycles. The Labute approximate surface area is 186 Å². The number of alkyl halides is 1. The van der Waals surface area contributed by atoms with E-state index in [4.69, 9.17) is 9.47 Å². The predicted molar refractivity (Wildman–Crippen MR) is 116 cm³/mol. The third-order valence-electron chi connectivity index (χ3n) is 7.13. The van der Waals surface area contributed by atoms with E-state index in [1.807, 2.05) is 24.3 Å². The summed E-state index contributed by atoms with van der Waals surface area (Å²) in [5, 5.41) is 0. The number of hydrogen-bond acceptors (Lipinski definition) is 4. The lowest BCUT2D eigenvalue weighted by Gasteiger charge is -2.51. The second kappa shape index (κ2) is 5.77. The molecule has 5 nitrogen and oxygen atoms in total. The molecular formula is C25H16BrNO4. The van der Waals surface area contributed by atoms with Crippen molar-refractivity contribution >= 4 is 33.4 Å². The lowest BCUT2D eigenvalue weighted by molar-refractivity contribution is -0.122. The Kier molecular flexibility index (Phi) is 3.26. The zero-order chi connectivity index (χ0) is 20.9. The van der Waals surface area contributed by atoms with Crippen LogP contribution in [0.2, 0.25) is 0 Å². The number of imide groups is 1. The van der Waals surface area contributed by atoms with Crippen molar-refractivity contribution in [1.29, 1.82) is 0 Å². The molecule has 31 heavy (non-hydrogen) atoms. The van der Waals surface area contributed by atoms with Crippen molar-refractivity contribution in [2.45, 2.75) is 10.2 Å². The number of benzene rings is 3. The van der Waals surface area contributed by atoms with Gasteiger partial charge in [0.05, 0.1) is 21.8 Å². The van der Waals surface area contributed by atoms with Crippen LogP contribution in [0.15, 0.2) is 66.7 Å². The zero-order valence-electron chi connectivity index (χ0n) is 16.2. The Morgan fingerprint density at radius 1 is 0.839 bits per heavy atom. The van der Waals surface area contributed by atoms with Crippen molar-refractivity contribution in [3.63, 3.8) is 0 Å². The molecule has 6 heteroatoms. The number of hydrogen-bond donors (Lipinski definition) is 0. The fourth-order valence-corrected chi connectivity index (χ4v) is 7.16. The highest BCUT2D eigenvalue weighted by atomic mass is 79.9. The Morgan fingerprint density at radius 2 is 1.48 bits per heavy atom. The predicted octanol–water partition coefficient (Wildman–Crippen LogP) is 4.32. The number of halogens is 1. The molecule has 3 aromatic rings. The highest BCUT2D eigenvalue weighted by Gasteiger charge is 2.67. The summed E-state index contributed by atoms with van der Waals surface area (Å²) in [5.74, 6) is -0.283. The van der Waals surface area contributed by atoms with Crippen LogP contribution in [0.4, 0.5) is 5.69 Å². The van der Waals surface area contributed by atoms with E-state index in [1.165, 1.54) is 4.90 Å². The summed E-state index contributed by atoms with van der Waals surface area (Å²) in [7, 11) is 0. The van der Waals surface area contributed by atoms with E-state index in [1.54, 1.807) is 18.2 Å². The van der Waals surface area contributed by atoms with Crippen LogP contribution in [0.25, 0.3) is 0 Å². The number of carbonyl (C=O) groups is 2. The number of amides is 2. The number of ether oxygens (including phenoxy) is 2. The fourth-order valence-electron chi connectivity index (χ4n) is 5.96. The lowest BCUT2D eigenvalue weighted by Crippen LogP contribution is -2.50. The maximum atomic E-state index is 13.9. The number of nitrogens with zero attached hydrogens (tertiary/aromatic N) is 1. The van der Waals surface area contributed by atoms with Gasteiger partial charge in [0.2, 0.25) is 18.6 Å². The van der Waals surface area contributed by atoms with E-state index in [0.717, 1.165) is 22.3 Å². The molecule has 0 saturated carbocycles. The maximum absolute atomic E-state index is 13.9. The number of anilines is 1. The standard InChI is InChI=1S/C25H16BrNO4/c26-25-16-7-3-1-5-14(16)20(15-6-2-4-8-17(15)25)21-22(25)24(29)27(23(21)28)13-9-10-18-19(11-13)31-12-30-18/h1-11,20-22H,12H2/t20?,21-,22+,25?/m1/s1. The molecule has 1 fully saturated rings. The minimum atomic E-state index is -0.739. The summed E-state index contributed by atoms with van der Waals surface area (Å²) < 4.78 is 10.1. The van der Waals surface area contributed by atoms with Crippen LogP contribution < -0.4 is 14.4 Å². The van der Waals surface area contributed by atoms with Crippen LogP contribution in [0.1, 0.15) is 28.2 Å². The lowest BCUT2D eigenvalue weighted by atomic mass is 9.55. The summed E-state index contributed by atoms with van der Waals surface area (Å²) in [4.78, 5) is 29.0. The van der Waals surface area contributed by atoms with E-state index in [0.29, 0.717) is 17.2 Å². The van der Waals surface area contributed by atoms with Gasteiger partial charge in [0, 0.05) is 12.0 Å². The molecule has 1 saturated heterocycles. The summed E-state index contributed by atoms with van der Waals surface area (Å²) >= 11 is 4.01. The smallest absolute Gasteiger partial charge is 0.239 e. The molecule has 0 spiro atoms. The molecule has 0 N–H and O–H groups in total. The Hall–Kier alpha value is -3.12. The molecule has 8 rings (SSSR count). The average molecular weight is 474 g/mol. The first-order valence-corrected chi connectivity index (χ1v) is 11.0. The van der Waals surface area contributed by atoms with Gasteiger partial charge in [0.25, 0.3) is 0 Å². The first kappa shape index (κ1) is 17.5. The SMILES string of the molecule is O=C1[C@@H]2C3c4ccccc4C(Br)(c4ccccc43)[C@@H]2C(=O)N1c1ccc2c(c1)OCO2. The fraction of sp³-hybridized carbons (Fsp3) is 0.200. The normalized spacial score (nSPS) is 29.1. The van der Waals surface area contributed by atoms with E-state index in [-0.39, 0.29) is 24.5 Å². The van der Waals surface area contributed by atoms with Gasteiger partial charge in [-0.15, -0.1) is 0 Å². The Morgan fingerprint density at radius 3 is 2.19 bits per heavy atom. The highest BCUT2D eigenvalue weighted by molar-refractivity contribution is 9.09. The van der Waals surface area contributed by atoms with Crippen LogP contribution in [-0.4, -0.2) is 18.6 Å². The maximum Gasteiger partial charge on any atom is 0.239 e. The third-order valence-corrected chi connectivity index (χ3v) is 8.48. The monoisotopic (exact) mass is 473 g/mol. The Bertz CT molecular complexity index is 1270. The molecule has 5 aliphatic rings. The molecule has 2 atom stereocenters. The van der Waals surface area contributed by atoms with Crippen molar-refractivity contribution < 1.29 is 19.1 Å². The van der Waals surface area contributed by atoms with E-state index >= 15 is 0 Å². The summed E-state index contributed by atoms with van der Waals surface area (Å²) in [6.07, 6.45) is 0. The minimum Gasteiger partial charge on any atom is -0.454 e. The third kappa shape index (κ3) is 1.97. The highest BCUT2D eigenvalue weighted by Crippen LogP contribution is 2.66. The molecule has 0 aromatic heterocycles. The van der Waals surface area contributed by atoms with E-state index < -0.39 is 16.2 Å². The minimum absolute atomic E-state index is 0.142. The molecule has 3 aromatic carbocycles. The van der Waals surface area contributed by atoms with Gasteiger partial charge >= 0.3 is 0 Å². The van der Waals surface area contributed by atoms with Crippen LogP contribution in [0.3, 0.4) is 0 Å². The van der Waals surface area contributed by atoms with Crippen LogP contribution >= 0.6 is 15.9 Å². The van der Waals surface area contributed by atoms with Gasteiger partial charge in [0.1, 0.15) is 0 Å². The Balaban J connectivity index is 1.45. The topological polar surface area (TPSA) is 55.8 Å². The number of fused-ring (bicyclic) bond motifs is 1. The molecule has 152 valence electrons. The quantitative estimate of drug-likeness (QED) is 0.390. The van der Waals surface area contributed by atoms with Crippen LogP contribution in [0, 0.1) is 11.8 Å². The summed E-state index contributed by atoms with van der Waals surface area (Å²) in [5.41, 5.74) is 4.92. The first-order valence-electron chi connectivity index (χ1n) is 10.3. The van der Waals surface area contributed by atoms with E-state index in [9.17, 15) is 9.59 Å². The summed E-state index contributed by atoms with van der Waals surface area (Å²) in [6.45, 7) is 0.142. The van der Waals surface area contributed by atoms with Gasteiger partial charge in [-0.3, -0.25) is 9.59 Å². The van der Waals surface area contributed by atoms with Crippen molar-refractivity contribution in [1.82, 2.24) is 0 Å². The zero-order valence-corrected chi connectivity index (χ0v) is 17.8. The largest absolute Gasteiger partial charge is 0.454 e. The van der Waals surface area contributed by atoms with Crippen LogP contribution in [-0.2, 0) is 13.9 Å². The second-order valence-electron chi connectivity index (χ2n) is 8.42. The van der Waals surface area contributed by atoms with Gasteiger partial charge in [-0.05, 0) is 34.4 Å². The molecule has 2 bridgehead atoms. The number of rotatable bonds is 1. The molecular weight excluding hydrogens is 458 g/mol. The molecule has 0 unspecified atom stereocenters. The van der Waals surface area contributed by atoms with Crippen molar-refractivity contribution in [3.8, 4) is 11.5 Å².